The second-order valence-electron chi connectivity index (χ2n) is 5.99. The maximum atomic E-state index is 12.4. The number of methoxy groups -OCH3 is 1. The summed E-state index contributed by atoms with van der Waals surface area (Å²) in [6.07, 6.45) is 0. The van der Waals surface area contributed by atoms with Gasteiger partial charge in [0.2, 0.25) is 0 Å². The van der Waals surface area contributed by atoms with Crippen LogP contribution in [0, 0.1) is 0 Å². The number of ether oxygens (including phenoxy) is 2. The van der Waals surface area contributed by atoms with Crippen molar-refractivity contribution in [2.45, 2.75) is 4.90 Å². The molecule has 3 aromatic rings. The van der Waals surface area contributed by atoms with E-state index in [2.05, 4.69) is 10.0 Å². The molecular weight excluding hydrogens is 392 g/mol. The third kappa shape index (κ3) is 5.49. The fraction of sp³-hybridized carbons (Fsp3) is 0.0952. The quantitative estimate of drug-likeness (QED) is 0.591. The molecule has 0 bridgehead atoms. The summed E-state index contributed by atoms with van der Waals surface area (Å²) in [4.78, 5) is 12.3. The minimum atomic E-state index is -3.71. The van der Waals surface area contributed by atoms with Gasteiger partial charge in [0.05, 0.1) is 17.7 Å². The Morgan fingerprint density at radius 2 is 1.52 bits per heavy atom. The van der Waals surface area contributed by atoms with Crippen LogP contribution < -0.4 is 19.5 Å². The van der Waals surface area contributed by atoms with Crippen molar-refractivity contribution in [3.8, 4) is 11.5 Å². The molecule has 3 aromatic carbocycles. The van der Waals surface area contributed by atoms with E-state index in [1.165, 1.54) is 25.3 Å². The van der Waals surface area contributed by atoms with Crippen LogP contribution in [0.5, 0.6) is 11.5 Å². The first kappa shape index (κ1) is 20.2. The van der Waals surface area contributed by atoms with Crippen molar-refractivity contribution < 1.29 is 22.7 Å². The molecule has 0 atom stereocenters. The number of carbonyl (C=O) groups is 1. The first-order chi connectivity index (χ1) is 14.0. The van der Waals surface area contributed by atoms with Gasteiger partial charge in [-0.15, -0.1) is 0 Å². The van der Waals surface area contributed by atoms with E-state index >= 15 is 0 Å². The first-order valence-electron chi connectivity index (χ1n) is 8.71. The van der Waals surface area contributed by atoms with E-state index in [1.807, 2.05) is 0 Å². The molecule has 2 N–H and O–H groups in total. The molecule has 0 heterocycles. The molecule has 29 heavy (non-hydrogen) atoms. The molecule has 150 valence electrons. The highest BCUT2D eigenvalue weighted by molar-refractivity contribution is 7.92. The van der Waals surface area contributed by atoms with E-state index < -0.39 is 10.0 Å². The maximum absolute atomic E-state index is 12.4. The van der Waals surface area contributed by atoms with E-state index in [9.17, 15) is 13.2 Å². The Labute approximate surface area is 169 Å². The highest BCUT2D eigenvalue weighted by Crippen LogP contribution is 2.25. The van der Waals surface area contributed by atoms with Gasteiger partial charge in [-0.2, -0.15) is 0 Å². The Balaban J connectivity index is 1.63. The Bertz CT molecular complexity index is 1080. The fourth-order valence-corrected chi connectivity index (χ4v) is 3.62. The average molecular weight is 412 g/mol. The van der Waals surface area contributed by atoms with E-state index in [0.29, 0.717) is 22.9 Å². The molecule has 0 radical (unpaired) electrons. The fourth-order valence-electron chi connectivity index (χ4n) is 2.55. The van der Waals surface area contributed by atoms with Crippen molar-refractivity contribution >= 4 is 27.3 Å². The normalized spacial score (nSPS) is 10.8. The number of amides is 1. The lowest BCUT2D eigenvalue weighted by Gasteiger charge is -2.12. The number of benzene rings is 3. The zero-order valence-corrected chi connectivity index (χ0v) is 16.5. The molecule has 0 unspecified atom stereocenters. The van der Waals surface area contributed by atoms with Gasteiger partial charge in [-0.3, -0.25) is 9.52 Å². The summed E-state index contributed by atoms with van der Waals surface area (Å²) in [5.41, 5.74) is 0.768. The number of rotatable bonds is 8. The minimum Gasteiger partial charge on any atom is -0.493 e. The van der Waals surface area contributed by atoms with Gasteiger partial charge in [0.15, 0.2) is 18.1 Å². The van der Waals surface area contributed by atoms with Gasteiger partial charge in [-0.1, -0.05) is 36.4 Å². The van der Waals surface area contributed by atoms with Crippen molar-refractivity contribution in [1.82, 2.24) is 0 Å². The second kappa shape index (κ2) is 9.11. The van der Waals surface area contributed by atoms with Crippen molar-refractivity contribution in [3.05, 3.63) is 78.9 Å². The largest absolute Gasteiger partial charge is 0.493 e. The predicted molar refractivity (Wildman–Crippen MR) is 111 cm³/mol. The van der Waals surface area contributed by atoms with E-state index in [1.54, 1.807) is 60.7 Å². The minimum absolute atomic E-state index is 0.152. The highest BCUT2D eigenvalue weighted by Gasteiger charge is 2.14. The van der Waals surface area contributed by atoms with Gasteiger partial charge in [-0.05, 0) is 42.5 Å². The van der Waals surface area contributed by atoms with Gasteiger partial charge in [-0.25, -0.2) is 8.42 Å². The summed E-state index contributed by atoms with van der Waals surface area (Å²) >= 11 is 0. The van der Waals surface area contributed by atoms with Gasteiger partial charge in [0.1, 0.15) is 0 Å². The Morgan fingerprint density at radius 1 is 0.862 bits per heavy atom. The molecule has 0 aromatic heterocycles. The second-order valence-corrected chi connectivity index (χ2v) is 7.67. The lowest BCUT2D eigenvalue weighted by Crippen LogP contribution is -2.20. The zero-order valence-electron chi connectivity index (χ0n) is 15.7. The summed E-state index contributed by atoms with van der Waals surface area (Å²) in [6, 6.07) is 21.5. The van der Waals surface area contributed by atoms with Crippen molar-refractivity contribution in [1.29, 1.82) is 0 Å². The van der Waals surface area contributed by atoms with Crippen LogP contribution in [-0.4, -0.2) is 28.0 Å². The molecular formula is C21H20N2O5S. The third-order valence-corrected chi connectivity index (χ3v) is 5.28. The van der Waals surface area contributed by atoms with Gasteiger partial charge in [0, 0.05) is 5.69 Å². The average Bonchev–Trinajstić information content (AvgIpc) is 2.73. The molecule has 3 rings (SSSR count). The topological polar surface area (TPSA) is 93.7 Å². The van der Waals surface area contributed by atoms with Crippen LogP contribution in [-0.2, 0) is 14.8 Å². The number of carbonyl (C=O) groups excluding carboxylic acids is 1. The predicted octanol–water partition coefficient (Wildman–Crippen LogP) is 3.51. The number of anilines is 2. The van der Waals surface area contributed by atoms with Crippen molar-refractivity contribution in [2.24, 2.45) is 0 Å². The third-order valence-electron chi connectivity index (χ3n) is 3.88. The Morgan fingerprint density at radius 3 is 2.24 bits per heavy atom. The molecule has 0 aliphatic carbocycles. The van der Waals surface area contributed by atoms with Crippen LogP contribution in [0.2, 0.25) is 0 Å². The lowest BCUT2D eigenvalue weighted by molar-refractivity contribution is -0.118. The molecule has 0 saturated carbocycles. The van der Waals surface area contributed by atoms with Gasteiger partial charge in [0.25, 0.3) is 15.9 Å². The SMILES string of the molecule is COc1ccccc1OCC(=O)Nc1cccc(NS(=O)(=O)c2ccccc2)c1. The van der Waals surface area contributed by atoms with Crippen LogP contribution in [0.1, 0.15) is 0 Å². The number of nitrogens with one attached hydrogen (secondary N) is 2. The number of sulfonamides is 1. The van der Waals surface area contributed by atoms with Crippen LogP contribution in [0.15, 0.2) is 83.8 Å². The molecule has 0 aliphatic rings. The summed E-state index contributed by atoms with van der Waals surface area (Å²) in [7, 11) is -2.20. The Hall–Kier alpha value is -3.52. The molecule has 7 nitrogen and oxygen atoms in total. The van der Waals surface area contributed by atoms with Gasteiger partial charge < -0.3 is 14.8 Å². The first-order valence-corrected chi connectivity index (χ1v) is 10.2. The van der Waals surface area contributed by atoms with Crippen LogP contribution in [0.4, 0.5) is 11.4 Å². The summed E-state index contributed by atoms with van der Waals surface area (Å²) in [6.45, 7) is -0.222. The number of hydrogen-bond donors (Lipinski definition) is 2. The zero-order chi connectivity index (χ0) is 20.7. The van der Waals surface area contributed by atoms with Crippen molar-refractivity contribution in [2.75, 3.05) is 23.8 Å². The lowest BCUT2D eigenvalue weighted by atomic mass is 10.3. The molecule has 0 aliphatic heterocycles. The van der Waals surface area contributed by atoms with Crippen LogP contribution in [0.25, 0.3) is 0 Å². The van der Waals surface area contributed by atoms with Gasteiger partial charge >= 0.3 is 0 Å². The van der Waals surface area contributed by atoms with E-state index in [0.717, 1.165) is 0 Å². The maximum Gasteiger partial charge on any atom is 0.262 e. The molecule has 0 saturated heterocycles. The van der Waals surface area contributed by atoms with Crippen LogP contribution >= 0.6 is 0 Å². The molecule has 0 spiro atoms. The van der Waals surface area contributed by atoms with Crippen molar-refractivity contribution in [3.63, 3.8) is 0 Å². The molecule has 8 heteroatoms. The summed E-state index contributed by atoms with van der Waals surface area (Å²) in [5, 5.41) is 2.68. The summed E-state index contributed by atoms with van der Waals surface area (Å²) in [5.74, 6) is 0.589. The molecule has 1 amide bonds. The Kier molecular flexibility index (Phi) is 6.36. The monoisotopic (exact) mass is 412 g/mol. The number of hydrogen-bond acceptors (Lipinski definition) is 5. The smallest absolute Gasteiger partial charge is 0.262 e. The highest BCUT2D eigenvalue weighted by atomic mass is 32.2. The summed E-state index contributed by atoms with van der Waals surface area (Å²) < 4.78 is 38.0. The van der Waals surface area contributed by atoms with E-state index in [-0.39, 0.29) is 17.4 Å². The van der Waals surface area contributed by atoms with Crippen LogP contribution in [0.3, 0.4) is 0 Å². The number of para-hydroxylation sites is 2. The van der Waals surface area contributed by atoms with E-state index in [4.69, 9.17) is 9.47 Å². The molecule has 0 fully saturated rings. The standard InChI is InChI=1S/C21H20N2O5S/c1-27-19-12-5-6-13-20(19)28-15-21(24)22-16-8-7-9-17(14-16)23-29(25,26)18-10-3-2-4-11-18/h2-14,23H,15H2,1H3,(H,22,24).